The Morgan fingerprint density at radius 3 is 2.29 bits per heavy atom. The van der Waals surface area contributed by atoms with E-state index in [0.717, 1.165) is 12.1 Å². The summed E-state index contributed by atoms with van der Waals surface area (Å²) in [6.07, 6.45) is -2.84. The van der Waals surface area contributed by atoms with E-state index in [1.807, 2.05) is 0 Å². The van der Waals surface area contributed by atoms with Crippen LogP contribution in [-0.4, -0.2) is 10.2 Å². The predicted octanol–water partition coefficient (Wildman–Crippen LogP) is 3.61. The molecule has 0 radical (unpaired) electrons. The fraction of sp³-hybridized carbons (Fsp3) is 0.0667. The number of benzene rings is 2. The van der Waals surface area contributed by atoms with Crippen molar-refractivity contribution in [2.45, 2.75) is 6.18 Å². The number of fused-ring (bicyclic) bond motifs is 1. The Balaban J connectivity index is 2.08. The van der Waals surface area contributed by atoms with Gasteiger partial charge in [0.05, 0.1) is 17.1 Å². The molecular formula is C15H9F3N2O. The number of aromatic amines is 1. The monoisotopic (exact) mass is 290 g/mol. The molecule has 2 aromatic carbocycles. The van der Waals surface area contributed by atoms with E-state index in [4.69, 9.17) is 0 Å². The maximum Gasteiger partial charge on any atom is 0.416 e. The predicted molar refractivity (Wildman–Crippen MR) is 72.8 cm³/mol. The van der Waals surface area contributed by atoms with Crippen molar-refractivity contribution in [2.75, 3.05) is 0 Å². The van der Waals surface area contributed by atoms with E-state index in [1.54, 1.807) is 18.2 Å². The van der Waals surface area contributed by atoms with Gasteiger partial charge in [0.1, 0.15) is 0 Å². The number of nitrogens with zero attached hydrogens (tertiary/aromatic N) is 1. The topological polar surface area (TPSA) is 45.8 Å². The Hall–Kier alpha value is -2.63. The van der Waals surface area contributed by atoms with Gasteiger partial charge in [-0.1, -0.05) is 24.3 Å². The summed E-state index contributed by atoms with van der Waals surface area (Å²) in [6, 6.07) is 9.92. The van der Waals surface area contributed by atoms with Crippen LogP contribution in [0.4, 0.5) is 13.2 Å². The zero-order valence-corrected chi connectivity index (χ0v) is 10.6. The summed E-state index contributed by atoms with van der Waals surface area (Å²) in [6.45, 7) is 0. The number of H-pyrrole nitrogens is 1. The highest BCUT2D eigenvalue weighted by Crippen LogP contribution is 2.31. The van der Waals surface area contributed by atoms with Gasteiger partial charge in [0.2, 0.25) is 0 Å². The second-order valence-electron chi connectivity index (χ2n) is 4.58. The second-order valence-corrected chi connectivity index (χ2v) is 4.58. The van der Waals surface area contributed by atoms with Crippen LogP contribution >= 0.6 is 0 Å². The molecule has 0 amide bonds. The van der Waals surface area contributed by atoms with Crippen LogP contribution in [0.3, 0.4) is 0 Å². The van der Waals surface area contributed by atoms with Crippen LogP contribution in [0.2, 0.25) is 0 Å². The molecule has 3 nitrogen and oxygen atoms in total. The number of alkyl halides is 3. The lowest BCUT2D eigenvalue weighted by molar-refractivity contribution is -0.137. The first kappa shape index (κ1) is 13.4. The smallest absolute Gasteiger partial charge is 0.267 e. The molecule has 0 atom stereocenters. The van der Waals surface area contributed by atoms with E-state index in [1.165, 1.54) is 18.3 Å². The Bertz CT molecular complexity index is 851. The van der Waals surface area contributed by atoms with Crippen molar-refractivity contribution in [3.05, 3.63) is 64.6 Å². The third kappa shape index (κ3) is 2.52. The molecule has 1 N–H and O–H groups in total. The minimum atomic E-state index is -4.36. The normalized spacial score (nSPS) is 11.8. The first-order chi connectivity index (χ1) is 9.95. The Kier molecular flexibility index (Phi) is 3.01. The van der Waals surface area contributed by atoms with Gasteiger partial charge in [-0.25, -0.2) is 5.10 Å². The molecule has 0 saturated carbocycles. The summed E-state index contributed by atoms with van der Waals surface area (Å²) in [7, 11) is 0. The maximum absolute atomic E-state index is 12.5. The quantitative estimate of drug-likeness (QED) is 0.744. The molecule has 0 aliphatic carbocycles. The molecule has 106 valence electrons. The number of rotatable bonds is 1. The zero-order chi connectivity index (χ0) is 15.0. The van der Waals surface area contributed by atoms with E-state index >= 15 is 0 Å². The van der Waals surface area contributed by atoms with E-state index < -0.39 is 11.7 Å². The summed E-state index contributed by atoms with van der Waals surface area (Å²) in [5.74, 6) is 0. The van der Waals surface area contributed by atoms with Crippen molar-refractivity contribution >= 4 is 10.8 Å². The molecule has 6 heteroatoms. The van der Waals surface area contributed by atoms with E-state index in [-0.39, 0.29) is 5.56 Å². The zero-order valence-electron chi connectivity index (χ0n) is 10.6. The highest BCUT2D eigenvalue weighted by Gasteiger charge is 2.29. The lowest BCUT2D eigenvalue weighted by Crippen LogP contribution is -2.07. The molecular weight excluding hydrogens is 281 g/mol. The average Bonchev–Trinajstić information content (AvgIpc) is 2.47. The number of nitrogens with one attached hydrogen (secondary N) is 1. The molecule has 3 aromatic rings. The average molecular weight is 290 g/mol. The van der Waals surface area contributed by atoms with E-state index in [2.05, 4.69) is 10.2 Å². The molecule has 21 heavy (non-hydrogen) atoms. The fourth-order valence-electron chi connectivity index (χ4n) is 2.12. The van der Waals surface area contributed by atoms with Gasteiger partial charge in [0, 0.05) is 5.39 Å². The number of hydrogen-bond acceptors (Lipinski definition) is 2. The first-order valence-electron chi connectivity index (χ1n) is 6.10. The Morgan fingerprint density at radius 1 is 0.952 bits per heavy atom. The van der Waals surface area contributed by atoms with Crippen molar-refractivity contribution in [1.82, 2.24) is 10.2 Å². The molecule has 0 bridgehead atoms. The van der Waals surface area contributed by atoms with Gasteiger partial charge in [-0.15, -0.1) is 0 Å². The molecule has 3 rings (SSSR count). The third-order valence-corrected chi connectivity index (χ3v) is 3.21. The van der Waals surface area contributed by atoms with Gasteiger partial charge in [0.15, 0.2) is 0 Å². The van der Waals surface area contributed by atoms with Crippen LogP contribution in [0, 0.1) is 0 Å². The molecule has 0 aliphatic rings. The highest BCUT2D eigenvalue weighted by molar-refractivity contribution is 5.85. The van der Waals surface area contributed by atoms with E-state index in [0.29, 0.717) is 21.9 Å². The lowest BCUT2D eigenvalue weighted by Gasteiger charge is -2.08. The van der Waals surface area contributed by atoms with Gasteiger partial charge in [-0.3, -0.25) is 4.79 Å². The van der Waals surface area contributed by atoms with Crippen LogP contribution in [0.1, 0.15) is 5.56 Å². The molecule has 0 spiro atoms. The maximum atomic E-state index is 12.5. The van der Waals surface area contributed by atoms with Crippen LogP contribution in [-0.2, 0) is 6.18 Å². The first-order valence-corrected chi connectivity index (χ1v) is 6.10. The van der Waals surface area contributed by atoms with Crippen LogP contribution in [0.5, 0.6) is 0 Å². The molecule has 1 aromatic heterocycles. The van der Waals surface area contributed by atoms with Gasteiger partial charge in [-0.2, -0.15) is 18.3 Å². The van der Waals surface area contributed by atoms with Crippen molar-refractivity contribution in [2.24, 2.45) is 0 Å². The van der Waals surface area contributed by atoms with Gasteiger partial charge >= 0.3 is 6.18 Å². The van der Waals surface area contributed by atoms with Gasteiger partial charge in [0.25, 0.3) is 5.56 Å². The Labute approximate surface area is 117 Å². The molecule has 0 aliphatic heterocycles. The number of aromatic nitrogens is 2. The summed E-state index contributed by atoms with van der Waals surface area (Å²) in [4.78, 5) is 11.7. The SMILES string of the molecule is O=c1[nH]ncc2ccc(-c3ccc(C(F)(F)F)cc3)cc12. The van der Waals surface area contributed by atoms with Gasteiger partial charge < -0.3 is 0 Å². The van der Waals surface area contributed by atoms with Crippen LogP contribution < -0.4 is 5.56 Å². The minimum Gasteiger partial charge on any atom is -0.267 e. The highest BCUT2D eigenvalue weighted by atomic mass is 19.4. The molecule has 1 heterocycles. The van der Waals surface area contributed by atoms with Crippen molar-refractivity contribution in [3.8, 4) is 11.1 Å². The molecule has 0 fully saturated rings. The Morgan fingerprint density at radius 2 is 1.62 bits per heavy atom. The number of halogens is 3. The summed E-state index contributed by atoms with van der Waals surface area (Å²) >= 11 is 0. The van der Waals surface area contributed by atoms with E-state index in [9.17, 15) is 18.0 Å². The minimum absolute atomic E-state index is 0.332. The van der Waals surface area contributed by atoms with Crippen LogP contribution in [0.15, 0.2) is 53.5 Å². The molecule has 0 unspecified atom stereocenters. The van der Waals surface area contributed by atoms with Gasteiger partial charge in [-0.05, 0) is 29.3 Å². The second kappa shape index (κ2) is 4.73. The van der Waals surface area contributed by atoms with Crippen molar-refractivity contribution < 1.29 is 13.2 Å². The summed E-state index contributed by atoms with van der Waals surface area (Å²) in [5.41, 5.74) is 0.254. The fourth-order valence-corrected chi connectivity index (χ4v) is 2.12. The van der Waals surface area contributed by atoms with Crippen molar-refractivity contribution in [3.63, 3.8) is 0 Å². The van der Waals surface area contributed by atoms with Crippen molar-refractivity contribution in [1.29, 1.82) is 0 Å². The summed E-state index contributed by atoms with van der Waals surface area (Å²) < 4.78 is 37.6. The molecule has 0 saturated heterocycles. The standard InChI is InChI=1S/C15H9F3N2O/c16-15(17,18)12-5-3-9(4-6-12)10-1-2-11-8-19-20-14(21)13(11)7-10/h1-8H,(H,20,21). The lowest BCUT2D eigenvalue weighted by atomic mass is 10.0. The number of hydrogen-bond donors (Lipinski definition) is 1. The summed E-state index contributed by atoms with van der Waals surface area (Å²) in [5, 5.41) is 7.14. The van der Waals surface area contributed by atoms with Crippen LogP contribution in [0.25, 0.3) is 21.9 Å². The third-order valence-electron chi connectivity index (χ3n) is 3.21. The largest absolute Gasteiger partial charge is 0.416 e.